The molecule has 0 spiro atoms. The lowest BCUT2D eigenvalue weighted by Gasteiger charge is -2.03. The number of hydrogen-bond acceptors (Lipinski definition) is 2. The summed E-state index contributed by atoms with van der Waals surface area (Å²) in [6, 6.07) is 0. The second-order valence-electron chi connectivity index (χ2n) is 4.73. The molecule has 0 amide bonds. The summed E-state index contributed by atoms with van der Waals surface area (Å²) in [4.78, 5) is 11.1. The number of carbonyl (C=O) groups excluding carboxylic acids is 1. The minimum Gasteiger partial charge on any atom is -0.462 e. The highest BCUT2D eigenvalue weighted by Crippen LogP contribution is 2.04. The van der Waals surface area contributed by atoms with Crippen LogP contribution < -0.4 is 0 Å². The number of ether oxygens (including phenoxy) is 1. The van der Waals surface area contributed by atoms with Crippen LogP contribution in [0.15, 0.2) is 24.3 Å². The molecule has 0 rings (SSSR count). The Hall–Kier alpha value is -1.05. The van der Waals surface area contributed by atoms with Crippen LogP contribution in [-0.2, 0) is 9.53 Å². The quantitative estimate of drug-likeness (QED) is 0.228. The van der Waals surface area contributed by atoms with Crippen molar-refractivity contribution in [3.63, 3.8) is 0 Å². The Morgan fingerprint density at radius 1 is 1.06 bits per heavy atom. The van der Waals surface area contributed by atoms with Crippen LogP contribution >= 0.6 is 0 Å². The summed E-state index contributed by atoms with van der Waals surface area (Å²) >= 11 is 0. The Bertz CT molecular complexity index is 254. The number of esters is 1. The molecular weight excluding hydrogens is 224 g/mol. The zero-order valence-corrected chi connectivity index (χ0v) is 12.0. The van der Waals surface area contributed by atoms with Gasteiger partial charge in [-0.25, -0.2) is 4.79 Å². The van der Waals surface area contributed by atoms with E-state index in [0.717, 1.165) is 19.3 Å². The molecule has 2 nitrogen and oxygen atoms in total. The molecule has 0 aliphatic rings. The molecule has 0 unspecified atom stereocenters. The van der Waals surface area contributed by atoms with Crippen molar-refractivity contribution in [1.82, 2.24) is 0 Å². The highest BCUT2D eigenvalue weighted by Gasteiger charge is 2.01. The van der Waals surface area contributed by atoms with E-state index in [0.29, 0.717) is 12.2 Å². The molecule has 0 saturated carbocycles. The molecule has 0 aromatic rings. The topological polar surface area (TPSA) is 26.3 Å². The van der Waals surface area contributed by atoms with Crippen molar-refractivity contribution in [1.29, 1.82) is 0 Å². The molecule has 0 aliphatic heterocycles. The molecule has 0 saturated heterocycles. The van der Waals surface area contributed by atoms with Gasteiger partial charge in [-0.05, 0) is 45.4 Å². The first-order valence-corrected chi connectivity index (χ1v) is 7.16. The lowest BCUT2D eigenvalue weighted by Crippen LogP contribution is -2.05. The lowest BCUT2D eigenvalue weighted by molar-refractivity contribution is -0.139. The molecule has 0 heterocycles. The van der Waals surface area contributed by atoms with E-state index in [2.05, 4.69) is 25.7 Å². The Morgan fingerprint density at radius 2 is 1.67 bits per heavy atom. The maximum absolute atomic E-state index is 11.1. The highest BCUT2D eigenvalue weighted by atomic mass is 16.5. The van der Waals surface area contributed by atoms with Gasteiger partial charge in [-0.15, -0.1) is 0 Å². The largest absolute Gasteiger partial charge is 0.462 e. The van der Waals surface area contributed by atoms with Gasteiger partial charge in [0.25, 0.3) is 0 Å². The van der Waals surface area contributed by atoms with Crippen molar-refractivity contribution in [3.05, 3.63) is 24.3 Å². The molecule has 0 atom stereocenters. The van der Waals surface area contributed by atoms with Gasteiger partial charge in [0.15, 0.2) is 0 Å². The molecule has 18 heavy (non-hydrogen) atoms. The van der Waals surface area contributed by atoms with Gasteiger partial charge in [0.2, 0.25) is 0 Å². The van der Waals surface area contributed by atoms with Gasteiger partial charge in [-0.2, -0.15) is 0 Å². The second-order valence-corrected chi connectivity index (χ2v) is 4.73. The van der Waals surface area contributed by atoms with Crippen molar-refractivity contribution in [2.24, 2.45) is 0 Å². The van der Waals surface area contributed by atoms with Crippen LogP contribution in [-0.4, -0.2) is 12.6 Å². The summed E-state index contributed by atoms with van der Waals surface area (Å²) < 4.78 is 5.02. The van der Waals surface area contributed by atoms with Crippen molar-refractivity contribution >= 4 is 5.97 Å². The fraction of sp³-hybridized carbons (Fsp3) is 0.688. The van der Waals surface area contributed by atoms with E-state index in [-0.39, 0.29) is 5.97 Å². The average Bonchev–Trinajstić information content (AvgIpc) is 2.35. The monoisotopic (exact) mass is 252 g/mol. The molecule has 0 radical (unpaired) electrons. The summed E-state index contributed by atoms with van der Waals surface area (Å²) in [5.41, 5.74) is 0.477. The molecule has 0 bridgehead atoms. The minimum atomic E-state index is -0.272. The standard InChI is InChI=1S/C16H28O2/c1-4-5-6-7-8-9-10-11-12-13-14-18-16(17)15(2)3/h8-9H,2,4-7,10-14H2,1,3H3/b9-8+. The third-order valence-corrected chi connectivity index (χ3v) is 2.74. The Labute approximate surface area is 112 Å². The number of allylic oxidation sites excluding steroid dienone is 2. The zero-order chi connectivity index (χ0) is 13.6. The molecular formula is C16H28O2. The van der Waals surface area contributed by atoms with Gasteiger partial charge in [0.1, 0.15) is 0 Å². The van der Waals surface area contributed by atoms with Crippen molar-refractivity contribution in [2.75, 3.05) is 6.61 Å². The molecule has 2 heteroatoms. The minimum absolute atomic E-state index is 0.272. The van der Waals surface area contributed by atoms with Gasteiger partial charge in [-0.3, -0.25) is 0 Å². The SMILES string of the molecule is C=C(C)C(=O)OCCCCC/C=C/CCCCC. The van der Waals surface area contributed by atoms with E-state index >= 15 is 0 Å². The number of unbranched alkanes of at least 4 members (excludes halogenated alkanes) is 6. The van der Waals surface area contributed by atoms with E-state index in [1.165, 1.54) is 32.1 Å². The first kappa shape index (κ1) is 16.9. The van der Waals surface area contributed by atoms with Crippen molar-refractivity contribution in [2.45, 2.75) is 65.2 Å². The second kappa shape index (κ2) is 12.4. The van der Waals surface area contributed by atoms with Crippen LogP contribution in [0.4, 0.5) is 0 Å². The lowest BCUT2D eigenvalue weighted by atomic mass is 10.1. The summed E-state index contributed by atoms with van der Waals surface area (Å²) in [5.74, 6) is -0.272. The highest BCUT2D eigenvalue weighted by molar-refractivity contribution is 5.86. The van der Waals surface area contributed by atoms with Crippen LogP contribution in [0, 0.1) is 0 Å². The molecule has 104 valence electrons. The van der Waals surface area contributed by atoms with Gasteiger partial charge >= 0.3 is 5.97 Å². The molecule has 0 N–H and O–H groups in total. The Balaban J connectivity index is 3.21. The predicted molar refractivity (Wildman–Crippen MR) is 77.5 cm³/mol. The molecule has 0 fully saturated rings. The van der Waals surface area contributed by atoms with Crippen LogP contribution in [0.25, 0.3) is 0 Å². The van der Waals surface area contributed by atoms with Gasteiger partial charge in [-0.1, -0.05) is 38.5 Å². The summed E-state index contributed by atoms with van der Waals surface area (Å²) in [6.07, 6.45) is 14.1. The van der Waals surface area contributed by atoms with Gasteiger partial charge < -0.3 is 4.74 Å². The Kier molecular flexibility index (Phi) is 11.7. The van der Waals surface area contributed by atoms with Gasteiger partial charge in [0, 0.05) is 5.57 Å². The van der Waals surface area contributed by atoms with E-state index in [4.69, 9.17) is 4.74 Å². The molecule has 0 aromatic heterocycles. The first-order chi connectivity index (χ1) is 8.68. The third-order valence-electron chi connectivity index (χ3n) is 2.74. The van der Waals surface area contributed by atoms with Crippen LogP contribution in [0.3, 0.4) is 0 Å². The maximum atomic E-state index is 11.1. The fourth-order valence-corrected chi connectivity index (χ4v) is 1.58. The normalized spacial score (nSPS) is 10.8. The Morgan fingerprint density at radius 3 is 2.22 bits per heavy atom. The van der Waals surface area contributed by atoms with E-state index in [1.54, 1.807) is 6.92 Å². The first-order valence-electron chi connectivity index (χ1n) is 7.16. The van der Waals surface area contributed by atoms with Gasteiger partial charge in [0.05, 0.1) is 6.61 Å². The van der Waals surface area contributed by atoms with Crippen molar-refractivity contribution in [3.8, 4) is 0 Å². The number of rotatable bonds is 11. The maximum Gasteiger partial charge on any atom is 0.333 e. The average molecular weight is 252 g/mol. The third kappa shape index (κ3) is 11.4. The van der Waals surface area contributed by atoms with E-state index in [9.17, 15) is 4.79 Å². The molecule has 0 aromatic carbocycles. The summed E-state index contributed by atoms with van der Waals surface area (Å²) in [7, 11) is 0. The van der Waals surface area contributed by atoms with E-state index < -0.39 is 0 Å². The predicted octanol–water partition coefficient (Wildman–Crippen LogP) is 4.80. The fourth-order valence-electron chi connectivity index (χ4n) is 1.58. The summed E-state index contributed by atoms with van der Waals surface area (Å²) in [5, 5.41) is 0. The number of carbonyl (C=O) groups is 1. The molecule has 0 aliphatic carbocycles. The summed E-state index contributed by atoms with van der Waals surface area (Å²) in [6.45, 7) is 7.96. The van der Waals surface area contributed by atoms with E-state index in [1.807, 2.05) is 0 Å². The zero-order valence-electron chi connectivity index (χ0n) is 12.0. The van der Waals surface area contributed by atoms with Crippen LogP contribution in [0.5, 0.6) is 0 Å². The number of hydrogen-bond donors (Lipinski definition) is 0. The van der Waals surface area contributed by atoms with Crippen LogP contribution in [0.2, 0.25) is 0 Å². The van der Waals surface area contributed by atoms with Crippen LogP contribution in [0.1, 0.15) is 65.2 Å². The van der Waals surface area contributed by atoms with Crippen molar-refractivity contribution < 1.29 is 9.53 Å². The smallest absolute Gasteiger partial charge is 0.333 e.